The number of benzodiazepines with no additional fused rings is 1. The van der Waals surface area contributed by atoms with Gasteiger partial charge in [-0.1, -0.05) is 29.8 Å². The van der Waals surface area contributed by atoms with Gasteiger partial charge in [-0.25, -0.2) is 8.78 Å². The Labute approximate surface area is 131 Å². The number of anilines is 1. The van der Waals surface area contributed by atoms with E-state index in [1.807, 2.05) is 6.07 Å². The lowest BCUT2D eigenvalue weighted by atomic mass is 10.00. The lowest BCUT2D eigenvalue weighted by Gasteiger charge is -2.13. The first kappa shape index (κ1) is 14.4. The number of thiol groups is 1. The lowest BCUT2D eigenvalue weighted by Crippen LogP contribution is -2.15. The van der Waals surface area contributed by atoms with Gasteiger partial charge in [0.1, 0.15) is 0 Å². The monoisotopic (exact) mass is 324 g/mol. The Morgan fingerprint density at radius 2 is 1.86 bits per heavy atom. The Bertz CT molecular complexity index is 734. The molecule has 0 spiro atoms. The molecule has 0 radical (unpaired) electrons. The van der Waals surface area contributed by atoms with E-state index in [0.29, 0.717) is 34.1 Å². The summed E-state index contributed by atoms with van der Waals surface area (Å²) in [4.78, 5) is 4.45. The molecule has 1 N–H and O–H groups in total. The Morgan fingerprint density at radius 3 is 2.62 bits per heavy atom. The van der Waals surface area contributed by atoms with Crippen LogP contribution < -0.4 is 5.32 Å². The highest BCUT2D eigenvalue weighted by Gasteiger charge is 2.21. The third-order valence-corrected chi connectivity index (χ3v) is 3.81. The molecule has 21 heavy (non-hydrogen) atoms. The maximum Gasteiger partial charge on any atom is 0.160 e. The number of hydrogen-bond acceptors (Lipinski definition) is 3. The highest BCUT2D eigenvalue weighted by molar-refractivity contribution is 7.81. The minimum Gasteiger partial charge on any atom is -0.371 e. The first-order valence-corrected chi connectivity index (χ1v) is 7.19. The van der Waals surface area contributed by atoms with Gasteiger partial charge in [-0.3, -0.25) is 4.99 Å². The normalized spacial score (nSPS) is 17.5. The molecular weight excluding hydrogens is 314 g/mol. The summed E-state index contributed by atoms with van der Waals surface area (Å²) in [5.41, 5.74) is 2.12. The van der Waals surface area contributed by atoms with Crippen LogP contribution in [0.5, 0.6) is 0 Å². The van der Waals surface area contributed by atoms with Crippen LogP contribution in [0.3, 0.4) is 0 Å². The Balaban J connectivity index is 2.23. The van der Waals surface area contributed by atoms with Crippen LogP contribution in [0.15, 0.2) is 41.4 Å². The summed E-state index contributed by atoms with van der Waals surface area (Å²) in [7, 11) is 0. The number of nitrogens with zero attached hydrogens (tertiary/aromatic N) is 1. The number of nitrogens with one attached hydrogen (secondary N) is 1. The molecule has 108 valence electrons. The van der Waals surface area contributed by atoms with Gasteiger partial charge in [-0.15, -0.1) is 0 Å². The predicted octanol–water partition coefficient (Wildman–Crippen LogP) is 4.14. The number of fused-ring (bicyclic) bond motifs is 1. The quantitative estimate of drug-likeness (QED) is 0.757. The van der Waals surface area contributed by atoms with E-state index in [-0.39, 0.29) is 5.37 Å². The van der Waals surface area contributed by atoms with Gasteiger partial charge in [0.05, 0.1) is 17.6 Å². The molecule has 0 saturated heterocycles. The molecule has 1 aliphatic rings. The van der Waals surface area contributed by atoms with Crippen molar-refractivity contribution < 1.29 is 8.78 Å². The second-order valence-electron chi connectivity index (χ2n) is 4.64. The van der Waals surface area contributed by atoms with Crippen molar-refractivity contribution in [2.45, 2.75) is 5.37 Å². The fraction of sp³-hybridized carbons (Fsp3) is 0.133. The summed E-state index contributed by atoms with van der Waals surface area (Å²) in [6, 6.07) is 9.40. The number of rotatable bonds is 1. The van der Waals surface area contributed by atoms with Crippen LogP contribution in [-0.2, 0) is 0 Å². The van der Waals surface area contributed by atoms with Crippen molar-refractivity contribution in [3.8, 4) is 0 Å². The van der Waals surface area contributed by atoms with E-state index >= 15 is 0 Å². The van der Waals surface area contributed by atoms with Crippen LogP contribution >= 0.6 is 24.2 Å². The molecule has 1 atom stereocenters. The topological polar surface area (TPSA) is 24.4 Å². The minimum absolute atomic E-state index is 0.284. The van der Waals surface area contributed by atoms with Gasteiger partial charge in [0.15, 0.2) is 11.6 Å². The van der Waals surface area contributed by atoms with Crippen molar-refractivity contribution in [1.29, 1.82) is 0 Å². The zero-order valence-corrected chi connectivity index (χ0v) is 12.4. The van der Waals surface area contributed by atoms with E-state index in [4.69, 9.17) is 11.6 Å². The van der Waals surface area contributed by atoms with Crippen LogP contribution in [0.1, 0.15) is 11.1 Å². The third-order valence-electron chi connectivity index (χ3n) is 3.19. The van der Waals surface area contributed by atoms with Crippen LogP contribution in [0.25, 0.3) is 0 Å². The predicted molar refractivity (Wildman–Crippen MR) is 84.7 cm³/mol. The van der Waals surface area contributed by atoms with E-state index < -0.39 is 11.6 Å². The zero-order chi connectivity index (χ0) is 15.0. The minimum atomic E-state index is -0.923. The van der Waals surface area contributed by atoms with E-state index in [1.165, 1.54) is 0 Å². The summed E-state index contributed by atoms with van der Waals surface area (Å²) in [6.07, 6.45) is 0. The largest absolute Gasteiger partial charge is 0.371 e. The van der Waals surface area contributed by atoms with Gasteiger partial charge >= 0.3 is 0 Å². The third kappa shape index (κ3) is 2.76. The molecule has 1 unspecified atom stereocenters. The molecule has 6 heteroatoms. The van der Waals surface area contributed by atoms with Crippen LogP contribution in [0.2, 0.25) is 5.02 Å². The van der Waals surface area contributed by atoms with Gasteiger partial charge in [-0.2, -0.15) is 12.6 Å². The van der Waals surface area contributed by atoms with Gasteiger partial charge in [-0.05, 0) is 12.1 Å². The molecule has 0 fully saturated rings. The lowest BCUT2D eigenvalue weighted by molar-refractivity contribution is 0.509. The molecule has 1 aliphatic heterocycles. The summed E-state index contributed by atoms with van der Waals surface area (Å²) in [5, 5.41) is 3.23. The maximum absolute atomic E-state index is 13.6. The fourth-order valence-electron chi connectivity index (χ4n) is 2.23. The molecule has 1 heterocycles. The van der Waals surface area contributed by atoms with Crippen molar-refractivity contribution in [2.75, 3.05) is 11.9 Å². The van der Waals surface area contributed by atoms with Crippen LogP contribution in [0, 0.1) is 11.6 Å². The average molecular weight is 325 g/mol. The Morgan fingerprint density at radius 1 is 1.14 bits per heavy atom. The van der Waals surface area contributed by atoms with Gasteiger partial charge < -0.3 is 5.32 Å². The summed E-state index contributed by atoms with van der Waals surface area (Å²) < 4.78 is 27.1. The first-order chi connectivity index (χ1) is 10.1. The highest BCUT2D eigenvalue weighted by atomic mass is 35.5. The average Bonchev–Trinajstić information content (AvgIpc) is 2.59. The molecule has 2 aromatic carbocycles. The molecule has 3 rings (SSSR count). The van der Waals surface area contributed by atoms with E-state index in [0.717, 1.165) is 12.1 Å². The zero-order valence-electron chi connectivity index (χ0n) is 10.8. The standard InChI is InChI=1S/C15H11ClF2N2S/c16-10-4-2-1-3-8(10)15-9-5-11(17)12(18)6-13(9)20-14(21)7-19-15/h1-6,14,20-21H,7H2. The number of benzene rings is 2. The second-order valence-corrected chi connectivity index (χ2v) is 5.67. The van der Waals surface area contributed by atoms with E-state index in [9.17, 15) is 8.78 Å². The van der Waals surface area contributed by atoms with Gasteiger partial charge in [0.2, 0.25) is 0 Å². The molecule has 0 saturated carbocycles. The van der Waals surface area contributed by atoms with Gasteiger partial charge in [0, 0.05) is 27.9 Å². The van der Waals surface area contributed by atoms with Crippen molar-refractivity contribution >= 4 is 35.6 Å². The number of halogens is 3. The van der Waals surface area contributed by atoms with E-state index in [1.54, 1.807) is 18.2 Å². The van der Waals surface area contributed by atoms with Crippen molar-refractivity contribution in [3.63, 3.8) is 0 Å². The Kier molecular flexibility index (Phi) is 3.87. The summed E-state index contributed by atoms with van der Waals surface area (Å²) >= 11 is 10.5. The molecule has 0 aliphatic carbocycles. The number of hydrogen-bond donors (Lipinski definition) is 2. The maximum atomic E-state index is 13.6. The van der Waals surface area contributed by atoms with E-state index in [2.05, 4.69) is 22.9 Å². The summed E-state index contributed by atoms with van der Waals surface area (Å²) in [5.74, 6) is -1.84. The SMILES string of the molecule is Fc1cc2c(cc1F)C(c1ccccc1Cl)=NCC(S)N2. The Hall–Kier alpha value is -1.59. The molecular formula is C15H11ClF2N2S. The van der Waals surface area contributed by atoms with Crippen molar-refractivity contribution in [3.05, 3.63) is 64.2 Å². The molecule has 2 nitrogen and oxygen atoms in total. The molecule has 0 amide bonds. The number of aliphatic imine (C=N–C) groups is 1. The molecule has 2 aromatic rings. The van der Waals surface area contributed by atoms with Crippen LogP contribution in [-0.4, -0.2) is 17.6 Å². The smallest absolute Gasteiger partial charge is 0.160 e. The van der Waals surface area contributed by atoms with Crippen LogP contribution in [0.4, 0.5) is 14.5 Å². The highest BCUT2D eigenvalue weighted by Crippen LogP contribution is 2.29. The van der Waals surface area contributed by atoms with Gasteiger partial charge in [0.25, 0.3) is 0 Å². The van der Waals surface area contributed by atoms with Crippen molar-refractivity contribution in [2.24, 2.45) is 4.99 Å². The summed E-state index contributed by atoms with van der Waals surface area (Å²) in [6.45, 7) is 0.363. The molecule has 0 bridgehead atoms. The first-order valence-electron chi connectivity index (χ1n) is 6.29. The second kappa shape index (κ2) is 5.66. The van der Waals surface area contributed by atoms with Crippen molar-refractivity contribution in [1.82, 2.24) is 0 Å². The fourth-order valence-corrected chi connectivity index (χ4v) is 2.68. The molecule has 0 aromatic heterocycles.